The molecule has 0 bridgehead atoms. The summed E-state index contributed by atoms with van der Waals surface area (Å²) in [5.41, 5.74) is 9.85. The fourth-order valence-corrected chi connectivity index (χ4v) is 3.28. The van der Waals surface area contributed by atoms with E-state index in [9.17, 15) is 5.11 Å². The number of aromatic nitrogens is 4. The van der Waals surface area contributed by atoms with E-state index in [0.29, 0.717) is 17.0 Å². The van der Waals surface area contributed by atoms with Gasteiger partial charge in [0.1, 0.15) is 11.8 Å². The molecule has 0 aliphatic carbocycles. The first-order chi connectivity index (χ1) is 12.1. The molecule has 3 N–H and O–H groups in total. The largest absolute Gasteiger partial charge is 0.391 e. The SMILES string of the molecule is Cc1ccccc1CCCC[C@H]([C@@H](C)O)n1cnc2c(N)ncnc21. The van der Waals surface area contributed by atoms with Crippen molar-refractivity contribution >= 4 is 17.0 Å². The van der Waals surface area contributed by atoms with Gasteiger partial charge in [-0.1, -0.05) is 30.7 Å². The Labute approximate surface area is 147 Å². The van der Waals surface area contributed by atoms with Gasteiger partial charge in [0.15, 0.2) is 11.5 Å². The number of imidazole rings is 1. The normalized spacial score (nSPS) is 13.9. The molecule has 0 unspecified atom stereocenters. The number of rotatable bonds is 7. The zero-order valence-corrected chi connectivity index (χ0v) is 14.8. The summed E-state index contributed by atoms with van der Waals surface area (Å²) in [6.45, 7) is 3.96. The molecule has 6 heteroatoms. The molecule has 2 atom stereocenters. The van der Waals surface area contributed by atoms with Crippen LogP contribution in [-0.2, 0) is 6.42 Å². The van der Waals surface area contributed by atoms with Crippen molar-refractivity contribution < 1.29 is 5.11 Å². The van der Waals surface area contributed by atoms with E-state index >= 15 is 0 Å². The molecule has 25 heavy (non-hydrogen) atoms. The average molecular weight is 339 g/mol. The van der Waals surface area contributed by atoms with Gasteiger partial charge in [-0.05, 0) is 44.2 Å². The first-order valence-corrected chi connectivity index (χ1v) is 8.73. The number of hydrogen-bond donors (Lipinski definition) is 2. The minimum atomic E-state index is -0.493. The van der Waals surface area contributed by atoms with E-state index in [2.05, 4.69) is 46.1 Å². The zero-order chi connectivity index (χ0) is 17.8. The van der Waals surface area contributed by atoms with Crippen molar-refractivity contribution in [1.82, 2.24) is 19.5 Å². The maximum Gasteiger partial charge on any atom is 0.165 e. The molecule has 0 aliphatic heterocycles. The second kappa shape index (κ2) is 7.61. The second-order valence-corrected chi connectivity index (χ2v) is 6.56. The van der Waals surface area contributed by atoms with E-state index in [1.807, 2.05) is 11.5 Å². The lowest BCUT2D eigenvalue weighted by Gasteiger charge is -2.22. The number of anilines is 1. The highest BCUT2D eigenvalue weighted by atomic mass is 16.3. The molecule has 0 amide bonds. The topological polar surface area (TPSA) is 89.8 Å². The Bertz CT molecular complexity index is 843. The molecular formula is C19H25N5O. The predicted octanol–water partition coefficient (Wildman–Crippen LogP) is 3.05. The molecule has 3 aromatic rings. The third-order valence-electron chi connectivity index (χ3n) is 4.76. The maximum atomic E-state index is 10.2. The number of fused-ring (bicyclic) bond motifs is 1. The molecule has 132 valence electrons. The van der Waals surface area contributed by atoms with Crippen LogP contribution in [0.1, 0.15) is 43.4 Å². The third-order valence-corrected chi connectivity index (χ3v) is 4.76. The predicted molar refractivity (Wildman–Crippen MR) is 99.2 cm³/mol. The fourth-order valence-electron chi connectivity index (χ4n) is 3.28. The summed E-state index contributed by atoms with van der Waals surface area (Å²) >= 11 is 0. The second-order valence-electron chi connectivity index (χ2n) is 6.56. The third kappa shape index (κ3) is 3.79. The Morgan fingerprint density at radius 1 is 1.16 bits per heavy atom. The first kappa shape index (κ1) is 17.4. The van der Waals surface area contributed by atoms with Gasteiger partial charge in [-0.3, -0.25) is 0 Å². The van der Waals surface area contributed by atoms with E-state index in [1.165, 1.54) is 17.5 Å². The number of unbranched alkanes of at least 4 members (excludes halogenated alkanes) is 1. The minimum Gasteiger partial charge on any atom is -0.391 e. The van der Waals surface area contributed by atoms with Crippen molar-refractivity contribution in [2.24, 2.45) is 0 Å². The summed E-state index contributed by atoms with van der Waals surface area (Å²) in [4.78, 5) is 12.6. The molecule has 0 saturated heterocycles. The smallest absolute Gasteiger partial charge is 0.165 e. The molecule has 0 spiro atoms. The van der Waals surface area contributed by atoms with Crippen LogP contribution < -0.4 is 5.73 Å². The Kier molecular flexibility index (Phi) is 5.28. The van der Waals surface area contributed by atoms with Crippen LogP contribution in [-0.4, -0.2) is 30.7 Å². The summed E-state index contributed by atoms with van der Waals surface area (Å²) in [7, 11) is 0. The first-order valence-electron chi connectivity index (χ1n) is 8.73. The van der Waals surface area contributed by atoms with Crippen molar-refractivity contribution in [3.05, 3.63) is 48.0 Å². The highest BCUT2D eigenvalue weighted by Gasteiger charge is 2.20. The van der Waals surface area contributed by atoms with Crippen LogP contribution in [0.4, 0.5) is 5.82 Å². The van der Waals surface area contributed by atoms with Gasteiger partial charge >= 0.3 is 0 Å². The van der Waals surface area contributed by atoms with E-state index < -0.39 is 6.10 Å². The number of nitrogen functional groups attached to an aromatic ring is 1. The van der Waals surface area contributed by atoms with Crippen LogP contribution in [0.3, 0.4) is 0 Å². The molecule has 1 aromatic carbocycles. The van der Waals surface area contributed by atoms with E-state index in [1.54, 1.807) is 6.33 Å². The monoisotopic (exact) mass is 339 g/mol. The van der Waals surface area contributed by atoms with Crippen LogP contribution in [0.5, 0.6) is 0 Å². The summed E-state index contributed by atoms with van der Waals surface area (Å²) in [6.07, 6.45) is 6.66. The highest BCUT2D eigenvalue weighted by molar-refractivity contribution is 5.81. The molecule has 0 fully saturated rings. The van der Waals surface area contributed by atoms with Gasteiger partial charge in [-0.2, -0.15) is 0 Å². The summed E-state index contributed by atoms with van der Waals surface area (Å²) in [6, 6.07) is 8.42. The number of hydrogen-bond acceptors (Lipinski definition) is 5. The highest BCUT2D eigenvalue weighted by Crippen LogP contribution is 2.25. The number of aliphatic hydroxyl groups is 1. The van der Waals surface area contributed by atoms with E-state index in [0.717, 1.165) is 25.7 Å². The number of nitrogens with zero attached hydrogens (tertiary/aromatic N) is 4. The van der Waals surface area contributed by atoms with Crippen molar-refractivity contribution in [2.45, 2.75) is 51.7 Å². The van der Waals surface area contributed by atoms with Gasteiger partial charge < -0.3 is 15.4 Å². The lowest BCUT2D eigenvalue weighted by molar-refractivity contribution is 0.124. The van der Waals surface area contributed by atoms with Crippen molar-refractivity contribution in [3.63, 3.8) is 0 Å². The molecule has 0 saturated carbocycles. The van der Waals surface area contributed by atoms with Gasteiger partial charge in [0, 0.05) is 0 Å². The van der Waals surface area contributed by atoms with Crippen LogP contribution in [0.15, 0.2) is 36.9 Å². The Morgan fingerprint density at radius 3 is 2.72 bits per heavy atom. The molecule has 3 rings (SSSR count). The van der Waals surface area contributed by atoms with Gasteiger partial charge in [-0.25, -0.2) is 15.0 Å². The van der Waals surface area contributed by atoms with Crippen LogP contribution in [0.2, 0.25) is 0 Å². The van der Waals surface area contributed by atoms with Gasteiger partial charge in [-0.15, -0.1) is 0 Å². The quantitative estimate of drug-likeness (QED) is 0.646. The molecular weight excluding hydrogens is 314 g/mol. The maximum absolute atomic E-state index is 10.2. The number of aliphatic hydroxyl groups excluding tert-OH is 1. The van der Waals surface area contributed by atoms with Gasteiger partial charge in [0.25, 0.3) is 0 Å². The van der Waals surface area contributed by atoms with E-state index in [4.69, 9.17) is 5.73 Å². The van der Waals surface area contributed by atoms with Gasteiger partial charge in [0.2, 0.25) is 0 Å². The zero-order valence-electron chi connectivity index (χ0n) is 14.8. The fraction of sp³-hybridized carbons (Fsp3) is 0.421. The minimum absolute atomic E-state index is 0.0730. The Morgan fingerprint density at radius 2 is 1.96 bits per heavy atom. The van der Waals surface area contributed by atoms with Crippen molar-refractivity contribution in [2.75, 3.05) is 5.73 Å². The van der Waals surface area contributed by atoms with E-state index in [-0.39, 0.29) is 6.04 Å². The summed E-state index contributed by atoms with van der Waals surface area (Å²) < 4.78 is 1.92. The van der Waals surface area contributed by atoms with Gasteiger partial charge in [0.05, 0.1) is 18.5 Å². The van der Waals surface area contributed by atoms with Crippen LogP contribution in [0.25, 0.3) is 11.2 Å². The molecule has 0 radical (unpaired) electrons. The number of benzene rings is 1. The number of nitrogens with two attached hydrogens (primary N) is 1. The standard InChI is InChI=1S/C19H25N5O/c1-13-7-3-4-8-15(13)9-5-6-10-16(14(2)25)24-12-23-17-18(20)21-11-22-19(17)24/h3-4,7-8,11-12,14,16,25H,5-6,9-10H2,1-2H3,(H2,20,21,22)/t14-,16-/m1/s1. The van der Waals surface area contributed by atoms with Crippen LogP contribution >= 0.6 is 0 Å². The lowest BCUT2D eigenvalue weighted by atomic mass is 9.99. The molecule has 2 aromatic heterocycles. The number of aryl methyl sites for hydroxylation is 2. The summed E-state index contributed by atoms with van der Waals surface area (Å²) in [5.74, 6) is 0.368. The molecule has 2 heterocycles. The average Bonchev–Trinajstić information content (AvgIpc) is 3.01. The Balaban J connectivity index is 1.67. The molecule has 6 nitrogen and oxygen atoms in total. The lowest BCUT2D eigenvalue weighted by Crippen LogP contribution is -2.21. The molecule has 0 aliphatic rings. The van der Waals surface area contributed by atoms with Crippen molar-refractivity contribution in [1.29, 1.82) is 0 Å². The Hall–Kier alpha value is -2.47. The summed E-state index contributed by atoms with van der Waals surface area (Å²) in [5, 5.41) is 10.2. The van der Waals surface area contributed by atoms with Crippen LogP contribution in [0, 0.1) is 6.92 Å². The van der Waals surface area contributed by atoms with Crippen molar-refractivity contribution in [3.8, 4) is 0 Å².